The molecule has 2 unspecified atom stereocenters. The molecule has 2 aliphatic heterocycles. The first-order valence-electron chi connectivity index (χ1n) is 6.77. The lowest BCUT2D eigenvalue weighted by atomic mass is 9.97. The van der Waals surface area contributed by atoms with Crippen LogP contribution in [0.2, 0.25) is 0 Å². The largest absolute Gasteiger partial charge is 0.376 e. The first-order valence-corrected chi connectivity index (χ1v) is 6.77. The zero-order valence-electron chi connectivity index (χ0n) is 11.2. The van der Waals surface area contributed by atoms with Crippen molar-refractivity contribution in [2.45, 2.75) is 51.2 Å². The lowest BCUT2D eigenvalue weighted by molar-refractivity contribution is -0.139. The maximum atomic E-state index is 12.5. The summed E-state index contributed by atoms with van der Waals surface area (Å²) in [6.45, 7) is 5.63. The summed E-state index contributed by atoms with van der Waals surface area (Å²) in [5, 5.41) is 2.84. The number of nitrogens with one attached hydrogen (secondary N) is 1. The molecule has 102 valence electrons. The Morgan fingerprint density at radius 1 is 1.50 bits per heavy atom. The van der Waals surface area contributed by atoms with Gasteiger partial charge in [0.05, 0.1) is 6.10 Å². The first kappa shape index (κ1) is 13.3. The van der Waals surface area contributed by atoms with Crippen molar-refractivity contribution >= 4 is 11.8 Å². The number of rotatable bonds is 3. The van der Waals surface area contributed by atoms with Gasteiger partial charge in [0.1, 0.15) is 5.54 Å². The highest BCUT2D eigenvalue weighted by molar-refractivity contribution is 5.93. The van der Waals surface area contributed by atoms with E-state index in [1.165, 1.54) is 0 Å². The zero-order valence-corrected chi connectivity index (χ0v) is 11.2. The second-order valence-electron chi connectivity index (χ2n) is 5.37. The average molecular weight is 254 g/mol. The molecule has 0 aliphatic carbocycles. The standard InChI is InChI=1S/C13H22N2O3/c1-3-13(2)12(17)15(7-6-11(16)14-13)9-10-5-4-8-18-10/h10H,3-9H2,1-2H3,(H,14,16). The van der Waals surface area contributed by atoms with Gasteiger partial charge >= 0.3 is 0 Å². The molecule has 2 fully saturated rings. The lowest BCUT2D eigenvalue weighted by Crippen LogP contribution is -2.55. The zero-order chi connectivity index (χ0) is 13.2. The molecule has 0 aromatic rings. The van der Waals surface area contributed by atoms with Gasteiger partial charge in [0.25, 0.3) is 0 Å². The third kappa shape index (κ3) is 2.66. The van der Waals surface area contributed by atoms with E-state index < -0.39 is 5.54 Å². The van der Waals surface area contributed by atoms with Crippen molar-refractivity contribution < 1.29 is 14.3 Å². The summed E-state index contributed by atoms with van der Waals surface area (Å²) in [5.74, 6) is -0.0195. The highest BCUT2D eigenvalue weighted by Gasteiger charge is 2.39. The minimum absolute atomic E-state index is 0.0198. The Kier molecular flexibility index (Phi) is 3.90. The summed E-state index contributed by atoms with van der Waals surface area (Å²) in [5.41, 5.74) is -0.758. The number of carbonyl (C=O) groups is 2. The normalized spacial score (nSPS) is 33.4. The van der Waals surface area contributed by atoms with Crippen molar-refractivity contribution in [2.75, 3.05) is 19.7 Å². The molecular formula is C13H22N2O3. The minimum atomic E-state index is -0.758. The fourth-order valence-corrected chi connectivity index (χ4v) is 2.56. The van der Waals surface area contributed by atoms with Gasteiger partial charge in [0.2, 0.25) is 11.8 Å². The summed E-state index contributed by atoms with van der Waals surface area (Å²) >= 11 is 0. The maximum absolute atomic E-state index is 12.5. The van der Waals surface area contributed by atoms with Crippen molar-refractivity contribution in [1.29, 1.82) is 0 Å². The van der Waals surface area contributed by atoms with Gasteiger partial charge < -0.3 is 15.0 Å². The van der Waals surface area contributed by atoms with Crippen LogP contribution in [-0.4, -0.2) is 48.1 Å². The molecule has 0 saturated carbocycles. The molecule has 1 N–H and O–H groups in total. The molecule has 2 heterocycles. The van der Waals surface area contributed by atoms with E-state index in [2.05, 4.69) is 5.32 Å². The molecule has 0 radical (unpaired) electrons. The summed E-state index contributed by atoms with van der Waals surface area (Å²) in [6, 6.07) is 0. The lowest BCUT2D eigenvalue weighted by Gasteiger charge is -2.32. The van der Waals surface area contributed by atoms with Crippen molar-refractivity contribution in [3.8, 4) is 0 Å². The summed E-state index contributed by atoms with van der Waals surface area (Å²) in [7, 11) is 0. The van der Waals surface area contributed by atoms with Gasteiger partial charge in [-0.05, 0) is 26.2 Å². The van der Waals surface area contributed by atoms with E-state index in [0.717, 1.165) is 19.4 Å². The van der Waals surface area contributed by atoms with Gasteiger partial charge in [0.15, 0.2) is 0 Å². The molecule has 0 spiro atoms. The number of nitrogens with zero attached hydrogens (tertiary/aromatic N) is 1. The number of amides is 2. The molecule has 2 saturated heterocycles. The Morgan fingerprint density at radius 2 is 2.28 bits per heavy atom. The molecular weight excluding hydrogens is 232 g/mol. The van der Waals surface area contributed by atoms with E-state index in [1.54, 1.807) is 11.8 Å². The Hall–Kier alpha value is -1.10. The van der Waals surface area contributed by atoms with Crippen LogP contribution < -0.4 is 5.32 Å². The topological polar surface area (TPSA) is 58.6 Å². The molecule has 2 amide bonds. The summed E-state index contributed by atoms with van der Waals surface area (Å²) < 4.78 is 5.57. The number of hydrogen-bond acceptors (Lipinski definition) is 3. The average Bonchev–Trinajstić information content (AvgIpc) is 2.82. The highest BCUT2D eigenvalue weighted by atomic mass is 16.5. The van der Waals surface area contributed by atoms with E-state index >= 15 is 0 Å². The molecule has 2 aliphatic rings. The SMILES string of the molecule is CCC1(C)NC(=O)CCN(CC2CCCO2)C1=O. The van der Waals surface area contributed by atoms with Crippen LogP contribution in [0.4, 0.5) is 0 Å². The number of hydrogen-bond donors (Lipinski definition) is 1. The van der Waals surface area contributed by atoms with Gasteiger partial charge in [-0.2, -0.15) is 0 Å². The van der Waals surface area contributed by atoms with Gasteiger partial charge in [-0.15, -0.1) is 0 Å². The summed E-state index contributed by atoms with van der Waals surface area (Å²) in [4.78, 5) is 25.9. The van der Waals surface area contributed by atoms with Gasteiger partial charge in [-0.1, -0.05) is 6.92 Å². The fourth-order valence-electron chi connectivity index (χ4n) is 2.56. The van der Waals surface area contributed by atoms with E-state index in [1.807, 2.05) is 6.92 Å². The Balaban J connectivity index is 2.08. The molecule has 2 atom stereocenters. The fraction of sp³-hybridized carbons (Fsp3) is 0.846. The monoisotopic (exact) mass is 254 g/mol. The van der Waals surface area contributed by atoms with Crippen LogP contribution in [0.1, 0.15) is 39.5 Å². The van der Waals surface area contributed by atoms with Crippen molar-refractivity contribution in [1.82, 2.24) is 10.2 Å². The second kappa shape index (κ2) is 5.26. The van der Waals surface area contributed by atoms with Gasteiger partial charge in [0, 0.05) is 26.1 Å². The van der Waals surface area contributed by atoms with Crippen LogP contribution in [0.15, 0.2) is 0 Å². The minimum Gasteiger partial charge on any atom is -0.376 e. The predicted molar refractivity (Wildman–Crippen MR) is 67.0 cm³/mol. The van der Waals surface area contributed by atoms with E-state index in [-0.39, 0.29) is 17.9 Å². The first-order chi connectivity index (χ1) is 8.55. The van der Waals surface area contributed by atoms with Crippen LogP contribution in [0, 0.1) is 0 Å². The van der Waals surface area contributed by atoms with Gasteiger partial charge in [-0.25, -0.2) is 0 Å². The molecule has 0 aromatic heterocycles. The van der Waals surface area contributed by atoms with Gasteiger partial charge in [-0.3, -0.25) is 9.59 Å². The molecule has 5 heteroatoms. The van der Waals surface area contributed by atoms with Crippen molar-refractivity contribution in [3.63, 3.8) is 0 Å². The molecule has 0 aromatic carbocycles. The van der Waals surface area contributed by atoms with Crippen molar-refractivity contribution in [2.24, 2.45) is 0 Å². The third-order valence-electron chi connectivity index (χ3n) is 3.94. The quantitative estimate of drug-likeness (QED) is 0.806. The number of carbonyl (C=O) groups excluding carboxylic acids is 2. The van der Waals surface area contributed by atoms with E-state index in [9.17, 15) is 9.59 Å². The van der Waals surface area contributed by atoms with Crippen LogP contribution in [0.3, 0.4) is 0 Å². The maximum Gasteiger partial charge on any atom is 0.248 e. The molecule has 5 nitrogen and oxygen atoms in total. The van der Waals surface area contributed by atoms with E-state index in [0.29, 0.717) is 25.9 Å². The third-order valence-corrected chi connectivity index (χ3v) is 3.94. The summed E-state index contributed by atoms with van der Waals surface area (Å²) in [6.07, 6.45) is 3.21. The smallest absolute Gasteiger partial charge is 0.248 e. The number of ether oxygens (including phenoxy) is 1. The highest BCUT2D eigenvalue weighted by Crippen LogP contribution is 2.20. The molecule has 2 rings (SSSR count). The van der Waals surface area contributed by atoms with E-state index in [4.69, 9.17) is 4.74 Å². The Bertz CT molecular complexity index is 339. The van der Waals surface area contributed by atoms with Crippen molar-refractivity contribution in [3.05, 3.63) is 0 Å². The molecule has 18 heavy (non-hydrogen) atoms. The van der Waals surface area contributed by atoms with Crippen LogP contribution in [-0.2, 0) is 14.3 Å². The molecule has 0 bridgehead atoms. The van der Waals surface area contributed by atoms with Crippen LogP contribution in [0.25, 0.3) is 0 Å². The van der Waals surface area contributed by atoms with Crippen LogP contribution >= 0.6 is 0 Å². The predicted octanol–water partition coefficient (Wildman–Crippen LogP) is 0.683. The van der Waals surface area contributed by atoms with Crippen LogP contribution in [0.5, 0.6) is 0 Å². The Morgan fingerprint density at radius 3 is 2.89 bits per heavy atom. The Labute approximate surface area is 108 Å². The second-order valence-corrected chi connectivity index (χ2v) is 5.37.